The van der Waals surface area contributed by atoms with Gasteiger partial charge in [0.05, 0.1) is 15.2 Å². The minimum atomic E-state index is 0.522. The van der Waals surface area contributed by atoms with Gasteiger partial charge in [-0.15, -0.1) is 0 Å². The fraction of sp³-hybridized carbons (Fsp3) is 0.0870. The summed E-state index contributed by atoms with van der Waals surface area (Å²) in [5.74, 6) is 0.824. The molecule has 0 atom stereocenters. The van der Waals surface area contributed by atoms with Crippen LogP contribution in [0.2, 0.25) is 5.02 Å². The normalized spacial score (nSPS) is 11.1. The molecule has 0 aromatic heterocycles. The molecule has 0 fully saturated rings. The van der Waals surface area contributed by atoms with Crippen molar-refractivity contribution >= 4 is 45.8 Å². The Kier molecular flexibility index (Phi) is 6.54. The first kappa shape index (κ1) is 19.5. The molecule has 0 saturated carbocycles. The van der Waals surface area contributed by atoms with E-state index in [9.17, 15) is 5.26 Å². The zero-order chi connectivity index (χ0) is 19.2. The lowest BCUT2D eigenvalue weighted by molar-refractivity contribution is 0.304. The van der Waals surface area contributed by atoms with Crippen molar-refractivity contribution in [2.24, 2.45) is 0 Å². The van der Waals surface area contributed by atoms with E-state index >= 15 is 0 Å². The SMILES string of the molecule is Cc1ccc(COc2ccc(C=C(C#N)c3ccccc3Cl)cc2I)cc1. The van der Waals surface area contributed by atoms with Crippen LogP contribution < -0.4 is 4.74 Å². The Labute approximate surface area is 178 Å². The van der Waals surface area contributed by atoms with Crippen molar-refractivity contribution in [1.82, 2.24) is 0 Å². The molecule has 0 radical (unpaired) electrons. The summed E-state index contributed by atoms with van der Waals surface area (Å²) >= 11 is 8.47. The van der Waals surface area contributed by atoms with Crippen molar-refractivity contribution < 1.29 is 4.74 Å². The predicted octanol–water partition coefficient (Wildman–Crippen LogP) is 6.90. The molecular formula is C23H17ClINO. The third kappa shape index (κ3) is 5.12. The highest BCUT2D eigenvalue weighted by molar-refractivity contribution is 14.1. The third-order valence-electron chi connectivity index (χ3n) is 4.07. The molecule has 0 aliphatic carbocycles. The van der Waals surface area contributed by atoms with Crippen LogP contribution in [0.25, 0.3) is 11.6 Å². The summed E-state index contributed by atoms with van der Waals surface area (Å²) in [5, 5.41) is 10.1. The lowest BCUT2D eigenvalue weighted by Gasteiger charge is -2.10. The van der Waals surface area contributed by atoms with Gasteiger partial charge in [-0.3, -0.25) is 0 Å². The molecule has 2 nitrogen and oxygen atoms in total. The van der Waals surface area contributed by atoms with Gasteiger partial charge < -0.3 is 4.74 Å². The van der Waals surface area contributed by atoms with Crippen LogP contribution in [0.1, 0.15) is 22.3 Å². The van der Waals surface area contributed by atoms with Crippen LogP contribution >= 0.6 is 34.2 Å². The number of aryl methyl sites for hydroxylation is 1. The van der Waals surface area contributed by atoms with Crippen molar-refractivity contribution in [2.45, 2.75) is 13.5 Å². The van der Waals surface area contributed by atoms with Crippen LogP contribution in [0.4, 0.5) is 0 Å². The van der Waals surface area contributed by atoms with E-state index in [0.717, 1.165) is 26.0 Å². The second-order valence-corrected chi connectivity index (χ2v) is 7.68. The molecule has 0 bridgehead atoms. The van der Waals surface area contributed by atoms with E-state index in [2.05, 4.69) is 59.8 Å². The number of ether oxygens (including phenoxy) is 1. The van der Waals surface area contributed by atoms with Crippen LogP contribution in [-0.4, -0.2) is 0 Å². The number of benzene rings is 3. The van der Waals surface area contributed by atoms with Crippen LogP contribution in [0.3, 0.4) is 0 Å². The van der Waals surface area contributed by atoms with E-state index in [0.29, 0.717) is 17.2 Å². The molecule has 0 unspecified atom stereocenters. The first-order valence-corrected chi connectivity index (χ1v) is 9.87. The topological polar surface area (TPSA) is 33.0 Å². The molecule has 3 aromatic rings. The van der Waals surface area contributed by atoms with Gasteiger partial charge >= 0.3 is 0 Å². The summed E-state index contributed by atoms with van der Waals surface area (Å²) in [4.78, 5) is 0. The van der Waals surface area contributed by atoms with Gasteiger partial charge in [-0.25, -0.2) is 0 Å². The first-order chi connectivity index (χ1) is 13.1. The lowest BCUT2D eigenvalue weighted by atomic mass is 10.0. The molecule has 0 saturated heterocycles. The number of hydrogen-bond acceptors (Lipinski definition) is 2. The summed E-state index contributed by atoms with van der Waals surface area (Å²) in [5.41, 5.74) is 4.56. The van der Waals surface area contributed by atoms with Crippen LogP contribution in [0.15, 0.2) is 66.7 Å². The monoisotopic (exact) mass is 485 g/mol. The fourth-order valence-electron chi connectivity index (χ4n) is 2.59. The summed E-state index contributed by atoms with van der Waals surface area (Å²) in [6, 6.07) is 23.8. The van der Waals surface area contributed by atoms with Gasteiger partial charge in [-0.2, -0.15) is 5.26 Å². The minimum absolute atomic E-state index is 0.522. The molecule has 0 spiro atoms. The molecule has 0 heterocycles. The van der Waals surface area contributed by atoms with Crippen molar-refractivity contribution in [3.05, 3.63) is 97.6 Å². The molecule has 134 valence electrons. The molecule has 0 amide bonds. The Morgan fingerprint density at radius 3 is 2.52 bits per heavy atom. The van der Waals surface area contributed by atoms with E-state index in [1.54, 1.807) is 6.07 Å². The maximum Gasteiger partial charge on any atom is 0.133 e. The molecule has 3 aromatic carbocycles. The van der Waals surface area contributed by atoms with Crippen molar-refractivity contribution in [1.29, 1.82) is 5.26 Å². The van der Waals surface area contributed by atoms with E-state index in [1.807, 2.05) is 42.5 Å². The Balaban J connectivity index is 1.78. The highest BCUT2D eigenvalue weighted by atomic mass is 127. The molecule has 3 rings (SSSR count). The largest absolute Gasteiger partial charge is 0.488 e. The zero-order valence-corrected chi connectivity index (χ0v) is 17.7. The van der Waals surface area contributed by atoms with Crippen molar-refractivity contribution in [2.75, 3.05) is 0 Å². The quantitative estimate of drug-likeness (QED) is 0.224. The minimum Gasteiger partial charge on any atom is -0.488 e. The van der Waals surface area contributed by atoms with Gasteiger partial charge in [0.25, 0.3) is 0 Å². The molecule has 0 aliphatic rings. The van der Waals surface area contributed by atoms with Gasteiger partial charge in [0.1, 0.15) is 12.4 Å². The average molecular weight is 486 g/mol. The summed E-state index contributed by atoms with van der Waals surface area (Å²) in [6.07, 6.45) is 1.84. The van der Waals surface area contributed by atoms with Crippen LogP contribution in [0.5, 0.6) is 5.75 Å². The van der Waals surface area contributed by atoms with Crippen LogP contribution in [-0.2, 0) is 6.61 Å². The Morgan fingerprint density at radius 1 is 1.11 bits per heavy atom. The Bertz CT molecular complexity index is 1020. The Hall–Kier alpha value is -2.29. The van der Waals surface area contributed by atoms with E-state index in [4.69, 9.17) is 16.3 Å². The van der Waals surface area contributed by atoms with Gasteiger partial charge in [0.2, 0.25) is 0 Å². The molecular weight excluding hydrogens is 469 g/mol. The number of nitrogens with zero attached hydrogens (tertiary/aromatic N) is 1. The number of halogens is 2. The second-order valence-electron chi connectivity index (χ2n) is 6.11. The van der Waals surface area contributed by atoms with E-state index in [-0.39, 0.29) is 0 Å². The average Bonchev–Trinajstić information content (AvgIpc) is 2.67. The molecule has 4 heteroatoms. The molecule has 0 N–H and O–H groups in total. The third-order valence-corrected chi connectivity index (χ3v) is 5.24. The van der Waals surface area contributed by atoms with E-state index in [1.165, 1.54) is 5.56 Å². The first-order valence-electron chi connectivity index (χ1n) is 8.41. The number of nitriles is 1. The number of rotatable bonds is 5. The van der Waals surface area contributed by atoms with Gasteiger partial charge in [0.15, 0.2) is 0 Å². The molecule has 27 heavy (non-hydrogen) atoms. The van der Waals surface area contributed by atoms with Gasteiger partial charge in [-0.05, 0) is 64.9 Å². The zero-order valence-electron chi connectivity index (χ0n) is 14.7. The standard InChI is InChI=1S/C23H17ClINO/c1-16-6-8-17(9-7-16)15-27-23-11-10-18(13-22(23)25)12-19(14-26)20-4-2-3-5-21(20)24/h2-13H,15H2,1H3. The lowest BCUT2D eigenvalue weighted by Crippen LogP contribution is -1.97. The maximum atomic E-state index is 9.52. The van der Waals surface area contributed by atoms with Crippen LogP contribution in [0, 0.1) is 21.8 Å². The number of allylic oxidation sites excluding steroid dienone is 1. The highest BCUT2D eigenvalue weighted by Crippen LogP contribution is 2.28. The summed E-state index contributed by atoms with van der Waals surface area (Å²) < 4.78 is 6.93. The highest BCUT2D eigenvalue weighted by Gasteiger charge is 2.07. The van der Waals surface area contributed by atoms with E-state index < -0.39 is 0 Å². The summed E-state index contributed by atoms with van der Waals surface area (Å²) in [7, 11) is 0. The number of hydrogen-bond donors (Lipinski definition) is 0. The fourth-order valence-corrected chi connectivity index (χ4v) is 3.52. The summed E-state index contributed by atoms with van der Waals surface area (Å²) in [6.45, 7) is 2.59. The van der Waals surface area contributed by atoms with Crippen molar-refractivity contribution in [3.8, 4) is 11.8 Å². The van der Waals surface area contributed by atoms with Gasteiger partial charge in [0, 0.05) is 10.6 Å². The Morgan fingerprint density at radius 2 is 1.85 bits per heavy atom. The molecule has 0 aliphatic heterocycles. The smallest absolute Gasteiger partial charge is 0.133 e. The maximum absolute atomic E-state index is 9.52. The van der Waals surface area contributed by atoms with Crippen molar-refractivity contribution in [3.63, 3.8) is 0 Å². The predicted molar refractivity (Wildman–Crippen MR) is 120 cm³/mol. The second kappa shape index (κ2) is 9.07. The van der Waals surface area contributed by atoms with Gasteiger partial charge in [-0.1, -0.05) is 65.7 Å².